The number of piperidine rings is 1. The molecule has 1 N–H and O–H groups in total. The lowest BCUT2D eigenvalue weighted by Crippen LogP contribution is -2.43. The van der Waals surface area contributed by atoms with Crippen LogP contribution in [0.15, 0.2) is 36.4 Å². The summed E-state index contributed by atoms with van der Waals surface area (Å²) in [6, 6.07) is 13.4. The van der Waals surface area contributed by atoms with Crippen LogP contribution in [0.3, 0.4) is 0 Å². The third kappa shape index (κ3) is 5.60. The summed E-state index contributed by atoms with van der Waals surface area (Å²) in [6.07, 6.45) is 1.83. The summed E-state index contributed by atoms with van der Waals surface area (Å²) in [5.74, 6) is 2.38. The Kier molecular flexibility index (Phi) is 7.52. The van der Waals surface area contributed by atoms with E-state index < -0.39 is 0 Å². The Labute approximate surface area is 174 Å². The highest BCUT2D eigenvalue weighted by molar-refractivity contribution is 7.98. The smallest absolute Gasteiger partial charge is 0.224 e. The molecular formula is C20H22ClN5OS. The number of anilines is 1. The predicted octanol–water partition coefficient (Wildman–Crippen LogP) is 3.27. The van der Waals surface area contributed by atoms with Gasteiger partial charge in [-0.3, -0.25) is 4.79 Å². The predicted molar refractivity (Wildman–Crippen MR) is 112 cm³/mol. The number of hydrogen-bond donors (Lipinski definition) is 1. The van der Waals surface area contributed by atoms with Crippen molar-refractivity contribution in [1.29, 1.82) is 5.26 Å². The van der Waals surface area contributed by atoms with Crippen molar-refractivity contribution >= 4 is 35.1 Å². The minimum Gasteiger partial charge on any atom is -0.355 e. The first kappa shape index (κ1) is 20.4. The number of hydrogen-bond acceptors (Lipinski definition) is 6. The van der Waals surface area contributed by atoms with E-state index in [2.05, 4.69) is 26.5 Å². The van der Waals surface area contributed by atoms with Crippen LogP contribution in [0.25, 0.3) is 0 Å². The van der Waals surface area contributed by atoms with Crippen LogP contribution in [0, 0.1) is 17.2 Å². The first-order chi connectivity index (χ1) is 13.7. The van der Waals surface area contributed by atoms with Gasteiger partial charge in [-0.25, -0.2) is 0 Å². The average molecular weight is 416 g/mol. The molecule has 1 aliphatic rings. The Hall–Kier alpha value is -2.30. The Morgan fingerprint density at radius 1 is 1.32 bits per heavy atom. The molecule has 0 aliphatic carbocycles. The number of thioether (sulfide) groups is 1. The number of amides is 1. The van der Waals surface area contributed by atoms with E-state index in [1.807, 2.05) is 30.3 Å². The van der Waals surface area contributed by atoms with E-state index in [4.69, 9.17) is 16.9 Å². The van der Waals surface area contributed by atoms with Crippen LogP contribution >= 0.6 is 23.4 Å². The van der Waals surface area contributed by atoms with Crippen LogP contribution in [0.4, 0.5) is 5.82 Å². The fraction of sp³-hybridized carbons (Fsp3) is 0.400. The van der Waals surface area contributed by atoms with Crippen molar-refractivity contribution in [2.24, 2.45) is 5.92 Å². The molecule has 0 bridgehead atoms. The number of rotatable bonds is 7. The third-order valence-electron chi connectivity index (χ3n) is 4.68. The topological polar surface area (TPSA) is 81.9 Å². The minimum atomic E-state index is -0.0458. The first-order valence-electron chi connectivity index (χ1n) is 9.25. The molecule has 28 heavy (non-hydrogen) atoms. The number of nitrogens with one attached hydrogen (secondary N) is 1. The second kappa shape index (κ2) is 10.3. The van der Waals surface area contributed by atoms with Gasteiger partial charge in [-0.05, 0) is 36.6 Å². The maximum atomic E-state index is 12.5. The number of aromatic nitrogens is 2. The molecule has 3 rings (SSSR count). The van der Waals surface area contributed by atoms with Crippen molar-refractivity contribution < 1.29 is 4.79 Å². The molecule has 1 aliphatic heterocycles. The van der Waals surface area contributed by atoms with E-state index in [1.54, 1.807) is 17.8 Å². The van der Waals surface area contributed by atoms with Crippen molar-refractivity contribution in [3.05, 3.63) is 52.7 Å². The lowest BCUT2D eigenvalue weighted by Gasteiger charge is -2.32. The monoisotopic (exact) mass is 415 g/mol. The number of nitrogens with zero attached hydrogens (tertiary/aromatic N) is 4. The van der Waals surface area contributed by atoms with Crippen LogP contribution in [-0.4, -0.2) is 41.5 Å². The van der Waals surface area contributed by atoms with Gasteiger partial charge in [-0.15, -0.1) is 10.2 Å². The molecule has 0 saturated carbocycles. The van der Waals surface area contributed by atoms with Gasteiger partial charge in [0.25, 0.3) is 0 Å². The van der Waals surface area contributed by atoms with Crippen LogP contribution < -0.4 is 10.2 Å². The second-order valence-corrected chi connectivity index (χ2v) is 8.10. The van der Waals surface area contributed by atoms with E-state index in [0.717, 1.165) is 42.3 Å². The molecule has 1 aromatic heterocycles. The Balaban J connectivity index is 1.41. The van der Waals surface area contributed by atoms with Gasteiger partial charge >= 0.3 is 0 Å². The van der Waals surface area contributed by atoms with Gasteiger partial charge < -0.3 is 10.2 Å². The molecule has 1 unspecified atom stereocenters. The average Bonchev–Trinajstić information content (AvgIpc) is 2.74. The summed E-state index contributed by atoms with van der Waals surface area (Å²) < 4.78 is 0. The molecule has 146 valence electrons. The van der Waals surface area contributed by atoms with Crippen molar-refractivity contribution in [2.45, 2.75) is 18.6 Å². The molecule has 1 amide bonds. The maximum Gasteiger partial charge on any atom is 0.224 e. The minimum absolute atomic E-state index is 0.0458. The summed E-state index contributed by atoms with van der Waals surface area (Å²) in [7, 11) is 0. The lowest BCUT2D eigenvalue weighted by molar-refractivity contribution is -0.125. The quantitative estimate of drug-likeness (QED) is 0.699. The fourth-order valence-corrected chi connectivity index (χ4v) is 4.17. The van der Waals surface area contributed by atoms with Gasteiger partial charge in [0.1, 0.15) is 0 Å². The van der Waals surface area contributed by atoms with Gasteiger partial charge in [-0.2, -0.15) is 17.0 Å². The Bertz CT molecular complexity index is 839. The van der Waals surface area contributed by atoms with Gasteiger partial charge in [-0.1, -0.05) is 29.8 Å². The number of halogens is 1. The van der Waals surface area contributed by atoms with Crippen LogP contribution in [0.2, 0.25) is 5.15 Å². The van der Waals surface area contributed by atoms with Crippen molar-refractivity contribution in [2.75, 3.05) is 30.3 Å². The summed E-state index contributed by atoms with van der Waals surface area (Å²) in [6.45, 7) is 2.13. The van der Waals surface area contributed by atoms with E-state index >= 15 is 0 Å². The molecule has 1 atom stereocenters. The lowest BCUT2D eigenvalue weighted by atomic mass is 9.97. The molecule has 2 heterocycles. The highest BCUT2D eigenvalue weighted by Crippen LogP contribution is 2.22. The van der Waals surface area contributed by atoms with Gasteiger partial charge in [0.05, 0.1) is 17.6 Å². The molecule has 6 nitrogen and oxygen atoms in total. The Morgan fingerprint density at radius 3 is 2.96 bits per heavy atom. The molecule has 8 heteroatoms. The number of nitriles is 1. The molecule has 1 saturated heterocycles. The van der Waals surface area contributed by atoms with Crippen molar-refractivity contribution in [3.63, 3.8) is 0 Å². The zero-order valence-corrected chi connectivity index (χ0v) is 17.0. The largest absolute Gasteiger partial charge is 0.355 e. The number of carbonyl (C=O) groups excluding carboxylic acids is 1. The highest BCUT2D eigenvalue weighted by atomic mass is 35.5. The fourth-order valence-electron chi connectivity index (χ4n) is 3.20. The summed E-state index contributed by atoms with van der Waals surface area (Å²) >= 11 is 7.51. The number of carbonyl (C=O) groups is 1. The van der Waals surface area contributed by atoms with Crippen LogP contribution in [0.1, 0.15) is 24.0 Å². The first-order valence-corrected chi connectivity index (χ1v) is 10.8. The molecule has 2 aromatic rings. The maximum absolute atomic E-state index is 12.5. The van der Waals surface area contributed by atoms with E-state index in [1.165, 1.54) is 0 Å². The van der Waals surface area contributed by atoms with Crippen LogP contribution in [0.5, 0.6) is 0 Å². The standard InChI is InChI=1S/C20H22ClN5OS/c21-18-7-8-19(25-24-18)26-10-3-6-16(13-26)20(27)23-9-11-28-14-17-5-2-1-4-15(17)12-22/h1-2,4-5,7-8,16H,3,6,9-11,13-14H2,(H,23,27). The third-order valence-corrected chi connectivity index (χ3v) is 5.88. The second-order valence-electron chi connectivity index (χ2n) is 6.61. The molecule has 1 fully saturated rings. The molecule has 1 aromatic carbocycles. The molecule has 0 radical (unpaired) electrons. The van der Waals surface area contributed by atoms with Gasteiger partial charge in [0, 0.05) is 31.1 Å². The van der Waals surface area contributed by atoms with E-state index in [-0.39, 0.29) is 11.8 Å². The normalized spacial score (nSPS) is 16.4. The van der Waals surface area contributed by atoms with E-state index in [9.17, 15) is 4.79 Å². The van der Waals surface area contributed by atoms with Gasteiger partial charge in [0.15, 0.2) is 11.0 Å². The summed E-state index contributed by atoms with van der Waals surface area (Å²) in [4.78, 5) is 14.6. The highest BCUT2D eigenvalue weighted by Gasteiger charge is 2.26. The number of benzene rings is 1. The summed E-state index contributed by atoms with van der Waals surface area (Å²) in [5.41, 5.74) is 1.75. The molecule has 0 spiro atoms. The zero-order valence-electron chi connectivity index (χ0n) is 15.5. The van der Waals surface area contributed by atoms with Crippen molar-refractivity contribution in [1.82, 2.24) is 15.5 Å². The molecular weight excluding hydrogens is 394 g/mol. The van der Waals surface area contributed by atoms with Crippen molar-refractivity contribution in [3.8, 4) is 6.07 Å². The van der Waals surface area contributed by atoms with E-state index in [0.29, 0.717) is 23.8 Å². The van der Waals surface area contributed by atoms with Crippen LogP contribution in [-0.2, 0) is 10.5 Å². The van der Waals surface area contributed by atoms with Gasteiger partial charge in [0.2, 0.25) is 5.91 Å². The zero-order chi connectivity index (χ0) is 19.8. The summed E-state index contributed by atoms with van der Waals surface area (Å²) in [5, 5.41) is 20.5. The SMILES string of the molecule is N#Cc1ccccc1CSCCNC(=O)C1CCCN(c2ccc(Cl)nn2)C1. The Morgan fingerprint density at radius 2 is 2.18 bits per heavy atom.